The molecule has 0 aromatic carbocycles. The van der Waals surface area contributed by atoms with Crippen molar-refractivity contribution < 1.29 is 19.7 Å². The Bertz CT molecular complexity index is 664. The van der Waals surface area contributed by atoms with Crippen LogP contribution in [0.1, 0.15) is 91.9 Å². The Morgan fingerprint density at radius 2 is 1.74 bits per heavy atom. The zero-order valence-electron chi connectivity index (χ0n) is 20.5. The first-order valence-electron chi connectivity index (χ1n) is 13.1. The molecule has 0 saturated heterocycles. The van der Waals surface area contributed by atoms with Crippen molar-refractivity contribution in [2.75, 3.05) is 7.11 Å². The van der Waals surface area contributed by atoms with E-state index in [1.54, 1.807) is 0 Å². The van der Waals surface area contributed by atoms with Crippen LogP contribution >= 0.6 is 0 Å². The van der Waals surface area contributed by atoms with Crippen LogP contribution in [0.2, 0.25) is 0 Å². The van der Waals surface area contributed by atoms with Gasteiger partial charge in [-0.1, -0.05) is 34.1 Å². The number of aliphatic carboxylic acids is 1. The highest BCUT2D eigenvalue weighted by Crippen LogP contribution is 2.69. The topological polar surface area (TPSA) is 66.8 Å². The second-order valence-electron chi connectivity index (χ2n) is 12.2. The van der Waals surface area contributed by atoms with Gasteiger partial charge in [0.25, 0.3) is 0 Å². The number of carboxylic acids is 1. The van der Waals surface area contributed by atoms with E-state index in [0.29, 0.717) is 52.9 Å². The summed E-state index contributed by atoms with van der Waals surface area (Å²) < 4.78 is 5.79. The Labute approximate surface area is 189 Å². The van der Waals surface area contributed by atoms with Gasteiger partial charge >= 0.3 is 5.97 Å². The monoisotopic (exact) mass is 434 g/mol. The number of aliphatic hydroxyl groups is 1. The highest BCUT2D eigenvalue weighted by molar-refractivity contribution is 5.66. The molecule has 4 nitrogen and oxygen atoms in total. The van der Waals surface area contributed by atoms with Crippen molar-refractivity contribution in [1.29, 1.82) is 0 Å². The van der Waals surface area contributed by atoms with Gasteiger partial charge in [0.05, 0.1) is 12.2 Å². The Morgan fingerprint density at radius 1 is 1.06 bits per heavy atom. The van der Waals surface area contributed by atoms with Crippen LogP contribution in [0, 0.1) is 52.3 Å². The largest absolute Gasteiger partial charge is 0.481 e. The Balaban J connectivity index is 1.61. The van der Waals surface area contributed by atoms with E-state index in [9.17, 15) is 15.0 Å². The fourth-order valence-corrected chi connectivity index (χ4v) is 9.68. The molecule has 0 radical (unpaired) electrons. The summed E-state index contributed by atoms with van der Waals surface area (Å²) in [6, 6.07) is 0. The molecule has 0 amide bonds. The standard InChI is InChI=1S/C27H46O4/c1-6-18-22-15-17(31-5)11-13-27(22,4)21-12-14-26(3)19(16(2)7-10-23(28)29)8-9-20(26)24(21)25(18)30/h16-22,24-25,30H,6-15H2,1-5H3,(H,28,29)/t16-,17-,18-,19-,20+,21+,22+,24+,25-,26-,27-/m1/s1. The van der Waals surface area contributed by atoms with Crippen LogP contribution in [-0.2, 0) is 9.53 Å². The van der Waals surface area contributed by atoms with E-state index in [-0.39, 0.29) is 17.9 Å². The maximum absolute atomic E-state index is 11.8. The molecule has 4 fully saturated rings. The minimum atomic E-state index is -0.672. The lowest BCUT2D eigenvalue weighted by atomic mass is 9.41. The lowest BCUT2D eigenvalue weighted by Gasteiger charge is -2.65. The predicted octanol–water partition coefficient (Wildman–Crippen LogP) is 5.77. The molecule has 0 aromatic heterocycles. The van der Waals surface area contributed by atoms with Gasteiger partial charge in [0.2, 0.25) is 0 Å². The van der Waals surface area contributed by atoms with E-state index in [2.05, 4.69) is 27.7 Å². The molecule has 0 aromatic rings. The Kier molecular flexibility index (Phi) is 6.55. The molecule has 31 heavy (non-hydrogen) atoms. The number of ether oxygens (including phenoxy) is 1. The molecule has 4 rings (SSSR count). The van der Waals surface area contributed by atoms with Crippen LogP contribution < -0.4 is 0 Å². The van der Waals surface area contributed by atoms with E-state index >= 15 is 0 Å². The molecular formula is C27H46O4. The molecule has 4 aliphatic rings. The van der Waals surface area contributed by atoms with E-state index in [0.717, 1.165) is 25.7 Å². The van der Waals surface area contributed by atoms with Crippen LogP contribution in [0.25, 0.3) is 0 Å². The zero-order chi connectivity index (χ0) is 22.6. The molecule has 0 bridgehead atoms. The molecule has 0 unspecified atom stereocenters. The summed E-state index contributed by atoms with van der Waals surface area (Å²) in [5.41, 5.74) is 0.583. The van der Waals surface area contributed by atoms with E-state index < -0.39 is 5.97 Å². The average Bonchev–Trinajstić information content (AvgIpc) is 3.09. The van der Waals surface area contributed by atoms with Gasteiger partial charge in [-0.3, -0.25) is 4.79 Å². The van der Waals surface area contributed by atoms with Crippen LogP contribution in [0.3, 0.4) is 0 Å². The third-order valence-corrected chi connectivity index (χ3v) is 11.3. The van der Waals surface area contributed by atoms with Crippen molar-refractivity contribution in [2.45, 2.75) is 104 Å². The molecule has 11 atom stereocenters. The molecule has 2 N–H and O–H groups in total. The molecule has 4 aliphatic carbocycles. The van der Waals surface area contributed by atoms with Crippen LogP contribution in [0.5, 0.6) is 0 Å². The van der Waals surface area contributed by atoms with Gasteiger partial charge < -0.3 is 14.9 Å². The summed E-state index contributed by atoms with van der Waals surface area (Å²) in [4.78, 5) is 11.2. The number of carbonyl (C=O) groups is 1. The summed E-state index contributed by atoms with van der Waals surface area (Å²) in [7, 11) is 1.85. The normalized spacial score (nSPS) is 50.3. The van der Waals surface area contributed by atoms with Gasteiger partial charge in [0, 0.05) is 13.5 Å². The molecule has 4 saturated carbocycles. The molecule has 0 aliphatic heterocycles. The zero-order valence-corrected chi connectivity index (χ0v) is 20.5. The van der Waals surface area contributed by atoms with Gasteiger partial charge in [0.1, 0.15) is 0 Å². The van der Waals surface area contributed by atoms with Gasteiger partial charge in [-0.05, 0) is 104 Å². The first kappa shape index (κ1) is 23.5. The average molecular weight is 435 g/mol. The van der Waals surface area contributed by atoms with E-state index in [1.165, 1.54) is 32.1 Å². The molecule has 0 heterocycles. The molecule has 178 valence electrons. The Hall–Kier alpha value is -0.610. The second kappa shape index (κ2) is 8.63. The van der Waals surface area contributed by atoms with Crippen molar-refractivity contribution in [3.05, 3.63) is 0 Å². The first-order valence-corrected chi connectivity index (χ1v) is 13.1. The third kappa shape index (κ3) is 3.68. The summed E-state index contributed by atoms with van der Waals surface area (Å²) in [6.07, 6.45) is 10.7. The third-order valence-electron chi connectivity index (χ3n) is 11.3. The van der Waals surface area contributed by atoms with Gasteiger partial charge in [-0.2, -0.15) is 0 Å². The number of aliphatic hydroxyl groups excluding tert-OH is 1. The fourth-order valence-electron chi connectivity index (χ4n) is 9.68. The number of hydrogen-bond acceptors (Lipinski definition) is 3. The number of rotatable bonds is 6. The van der Waals surface area contributed by atoms with Gasteiger partial charge in [0.15, 0.2) is 0 Å². The summed E-state index contributed by atoms with van der Waals surface area (Å²) in [5, 5.41) is 21.0. The number of fused-ring (bicyclic) bond motifs is 5. The number of hydrogen-bond donors (Lipinski definition) is 2. The van der Waals surface area contributed by atoms with Crippen LogP contribution in [0.4, 0.5) is 0 Å². The fraction of sp³-hybridized carbons (Fsp3) is 0.963. The maximum atomic E-state index is 11.8. The summed E-state index contributed by atoms with van der Waals surface area (Å²) in [6.45, 7) is 9.61. The van der Waals surface area contributed by atoms with Crippen molar-refractivity contribution >= 4 is 5.97 Å². The summed E-state index contributed by atoms with van der Waals surface area (Å²) >= 11 is 0. The molecular weight excluding hydrogens is 388 g/mol. The minimum Gasteiger partial charge on any atom is -0.481 e. The highest BCUT2D eigenvalue weighted by atomic mass is 16.5. The SMILES string of the molecule is CC[C@H]1[C@@H](O)[C@@H]2[C@H](CC[C@]3(C)[C@@H]([C@H](C)CCC(=O)O)CC[C@@H]23)[C@@]2(C)CC[C@@H](OC)C[C@@H]12. The molecule has 0 spiro atoms. The van der Waals surface area contributed by atoms with Crippen molar-refractivity contribution in [3.63, 3.8) is 0 Å². The molecule has 4 heteroatoms. The van der Waals surface area contributed by atoms with Crippen LogP contribution in [-0.4, -0.2) is 35.5 Å². The Morgan fingerprint density at radius 3 is 2.39 bits per heavy atom. The smallest absolute Gasteiger partial charge is 0.303 e. The van der Waals surface area contributed by atoms with Crippen molar-refractivity contribution in [1.82, 2.24) is 0 Å². The van der Waals surface area contributed by atoms with Gasteiger partial charge in [-0.15, -0.1) is 0 Å². The van der Waals surface area contributed by atoms with E-state index in [1.807, 2.05) is 7.11 Å². The van der Waals surface area contributed by atoms with Gasteiger partial charge in [-0.25, -0.2) is 0 Å². The van der Waals surface area contributed by atoms with Crippen molar-refractivity contribution in [3.8, 4) is 0 Å². The number of carboxylic acid groups (broad SMARTS) is 1. The maximum Gasteiger partial charge on any atom is 0.303 e. The predicted molar refractivity (Wildman–Crippen MR) is 123 cm³/mol. The quantitative estimate of drug-likeness (QED) is 0.557. The van der Waals surface area contributed by atoms with E-state index in [4.69, 9.17) is 4.74 Å². The lowest BCUT2D eigenvalue weighted by Crippen LogP contribution is -2.62. The highest BCUT2D eigenvalue weighted by Gasteiger charge is 2.64. The lowest BCUT2D eigenvalue weighted by molar-refractivity contribution is -0.205. The number of methoxy groups -OCH3 is 1. The first-order chi connectivity index (χ1) is 14.7. The summed E-state index contributed by atoms with van der Waals surface area (Å²) in [5.74, 6) is 2.96. The van der Waals surface area contributed by atoms with Crippen molar-refractivity contribution in [2.24, 2.45) is 52.3 Å². The minimum absolute atomic E-state index is 0.193. The van der Waals surface area contributed by atoms with Crippen LogP contribution in [0.15, 0.2) is 0 Å². The second-order valence-corrected chi connectivity index (χ2v) is 12.2.